The number of halogens is 1. The van der Waals surface area contributed by atoms with E-state index in [0.717, 1.165) is 11.1 Å². The molecule has 3 N–H and O–H groups in total. The first kappa shape index (κ1) is 20.2. The van der Waals surface area contributed by atoms with E-state index in [2.05, 4.69) is 17.0 Å². The number of nitrogens with zero attached hydrogens (tertiary/aromatic N) is 2. The monoisotopic (exact) mass is 397 g/mol. The molecule has 0 atom stereocenters. The van der Waals surface area contributed by atoms with Crippen LogP contribution < -0.4 is 16.1 Å². The Morgan fingerprint density at radius 2 is 2.03 bits per heavy atom. The molecule has 0 bridgehead atoms. The maximum absolute atomic E-state index is 13.1. The minimum absolute atomic E-state index is 0.0113. The van der Waals surface area contributed by atoms with Crippen LogP contribution in [-0.4, -0.2) is 40.4 Å². The third-order valence-electron chi connectivity index (χ3n) is 4.60. The van der Waals surface area contributed by atoms with Crippen molar-refractivity contribution < 1.29 is 19.4 Å². The SMILES string of the molecule is C=Nc1c(O)c(C(=O)NCCO)c(=O)n2cc(C)/c(=C\Cc3ccc(F)cc3)c12. The van der Waals surface area contributed by atoms with E-state index < -0.39 is 22.8 Å². The number of rotatable bonds is 6. The van der Waals surface area contributed by atoms with Crippen LogP contribution in [0.1, 0.15) is 21.5 Å². The summed E-state index contributed by atoms with van der Waals surface area (Å²) in [6.45, 7) is 4.88. The van der Waals surface area contributed by atoms with Crippen LogP contribution in [0.3, 0.4) is 0 Å². The molecule has 29 heavy (non-hydrogen) atoms. The first-order valence-electron chi connectivity index (χ1n) is 8.90. The molecule has 1 amide bonds. The van der Waals surface area contributed by atoms with E-state index in [1.807, 2.05) is 6.08 Å². The summed E-state index contributed by atoms with van der Waals surface area (Å²) in [6, 6.07) is 6.05. The Morgan fingerprint density at radius 3 is 2.66 bits per heavy atom. The number of aryl methyl sites for hydroxylation is 1. The van der Waals surface area contributed by atoms with E-state index in [-0.39, 0.29) is 24.7 Å². The first-order valence-corrected chi connectivity index (χ1v) is 8.90. The maximum atomic E-state index is 13.1. The van der Waals surface area contributed by atoms with Crippen LogP contribution >= 0.6 is 0 Å². The fourth-order valence-corrected chi connectivity index (χ4v) is 3.21. The van der Waals surface area contributed by atoms with Gasteiger partial charge in [-0.25, -0.2) is 4.39 Å². The Morgan fingerprint density at radius 1 is 1.34 bits per heavy atom. The van der Waals surface area contributed by atoms with Crippen LogP contribution in [-0.2, 0) is 6.42 Å². The van der Waals surface area contributed by atoms with E-state index in [1.165, 1.54) is 16.5 Å². The highest BCUT2D eigenvalue weighted by Gasteiger charge is 2.24. The minimum Gasteiger partial charge on any atom is -0.505 e. The summed E-state index contributed by atoms with van der Waals surface area (Å²) in [4.78, 5) is 29.0. The summed E-state index contributed by atoms with van der Waals surface area (Å²) < 4.78 is 14.4. The predicted octanol–water partition coefficient (Wildman–Crippen LogP) is 1.25. The molecule has 0 saturated heterocycles. The number of aromatic hydroxyl groups is 1. The number of carbonyl (C=O) groups excluding carboxylic acids is 1. The van der Waals surface area contributed by atoms with E-state index in [4.69, 9.17) is 5.11 Å². The van der Waals surface area contributed by atoms with Crippen molar-refractivity contribution in [3.63, 3.8) is 0 Å². The Balaban J connectivity index is 2.21. The Hall–Kier alpha value is -3.52. The van der Waals surface area contributed by atoms with Crippen molar-refractivity contribution in [3.8, 4) is 5.75 Å². The van der Waals surface area contributed by atoms with Gasteiger partial charge in [-0.05, 0) is 43.3 Å². The molecule has 7 nitrogen and oxygen atoms in total. The highest BCUT2D eigenvalue weighted by Crippen LogP contribution is 2.31. The number of fused-ring (bicyclic) bond motifs is 1. The number of aliphatic hydroxyl groups excluding tert-OH is 1. The smallest absolute Gasteiger partial charge is 0.271 e. The van der Waals surface area contributed by atoms with E-state index >= 15 is 0 Å². The molecule has 8 heteroatoms. The molecule has 1 aromatic carbocycles. The van der Waals surface area contributed by atoms with Crippen molar-refractivity contribution in [1.29, 1.82) is 0 Å². The largest absolute Gasteiger partial charge is 0.505 e. The van der Waals surface area contributed by atoms with Gasteiger partial charge in [0.1, 0.15) is 17.1 Å². The first-order chi connectivity index (χ1) is 13.9. The summed E-state index contributed by atoms with van der Waals surface area (Å²) in [6.07, 6.45) is 3.87. The second kappa shape index (κ2) is 8.24. The van der Waals surface area contributed by atoms with Crippen molar-refractivity contribution in [2.45, 2.75) is 13.3 Å². The summed E-state index contributed by atoms with van der Waals surface area (Å²) in [5.74, 6) is -1.70. The molecule has 0 aliphatic rings. The van der Waals surface area contributed by atoms with Gasteiger partial charge in [0.25, 0.3) is 11.5 Å². The molecule has 150 valence electrons. The number of aromatic nitrogens is 1. The normalized spacial score (nSPS) is 11.8. The standard InChI is InChI=1S/C21H20FN3O4/c1-12-11-25-18(15(12)8-5-13-3-6-14(22)7-4-13)17(23-2)19(27)16(21(25)29)20(28)24-9-10-26/h3-4,6-8,11,26-27H,2,5,9-10H2,1H3,(H,24,28)/b15-8+. The van der Waals surface area contributed by atoms with Crippen molar-refractivity contribution >= 4 is 29.9 Å². The lowest BCUT2D eigenvalue weighted by molar-refractivity contribution is 0.0940. The van der Waals surface area contributed by atoms with Crippen molar-refractivity contribution in [1.82, 2.24) is 9.72 Å². The van der Waals surface area contributed by atoms with Crippen LogP contribution in [0.4, 0.5) is 10.1 Å². The number of amides is 1. The zero-order valence-electron chi connectivity index (χ0n) is 15.8. The van der Waals surface area contributed by atoms with Gasteiger partial charge in [0.15, 0.2) is 5.75 Å². The number of hydrogen-bond acceptors (Lipinski definition) is 5. The van der Waals surface area contributed by atoms with E-state index in [1.54, 1.807) is 25.3 Å². The van der Waals surface area contributed by atoms with Gasteiger partial charge < -0.3 is 15.5 Å². The number of aliphatic hydroxyl groups is 1. The molecule has 0 unspecified atom stereocenters. The number of benzene rings is 1. The zero-order chi connectivity index (χ0) is 21.1. The lowest BCUT2D eigenvalue weighted by atomic mass is 10.1. The summed E-state index contributed by atoms with van der Waals surface area (Å²) in [5.41, 5.74) is 0.780. The zero-order valence-corrected chi connectivity index (χ0v) is 15.8. The summed E-state index contributed by atoms with van der Waals surface area (Å²) in [7, 11) is 0. The highest BCUT2D eigenvalue weighted by molar-refractivity contribution is 6.00. The Labute approximate surface area is 165 Å². The van der Waals surface area contributed by atoms with Gasteiger partial charge in [-0.1, -0.05) is 18.2 Å². The number of pyridine rings is 1. The third kappa shape index (κ3) is 3.74. The number of aliphatic imine (C=N–C) groups is 1. The lowest BCUT2D eigenvalue weighted by Crippen LogP contribution is -2.33. The Kier molecular flexibility index (Phi) is 5.74. The molecule has 0 fully saturated rings. The van der Waals surface area contributed by atoms with Crippen LogP contribution in [0.25, 0.3) is 11.6 Å². The van der Waals surface area contributed by atoms with Gasteiger partial charge >= 0.3 is 0 Å². The fraction of sp³-hybridized carbons (Fsp3) is 0.190. The quantitative estimate of drug-likeness (QED) is 0.545. The lowest BCUT2D eigenvalue weighted by Gasteiger charge is -2.09. The van der Waals surface area contributed by atoms with Gasteiger partial charge in [0, 0.05) is 18.0 Å². The molecule has 0 radical (unpaired) electrons. The van der Waals surface area contributed by atoms with Gasteiger partial charge in [0.05, 0.1) is 12.1 Å². The second-order valence-electron chi connectivity index (χ2n) is 6.49. The molecule has 2 aromatic heterocycles. The van der Waals surface area contributed by atoms with Gasteiger partial charge in [-0.3, -0.25) is 19.0 Å². The van der Waals surface area contributed by atoms with Crippen LogP contribution in [0.5, 0.6) is 5.75 Å². The highest BCUT2D eigenvalue weighted by atomic mass is 19.1. The predicted molar refractivity (Wildman–Crippen MR) is 108 cm³/mol. The van der Waals surface area contributed by atoms with Crippen molar-refractivity contribution in [3.05, 3.63) is 68.5 Å². The average molecular weight is 397 g/mol. The van der Waals surface area contributed by atoms with E-state index in [9.17, 15) is 19.1 Å². The van der Waals surface area contributed by atoms with E-state index in [0.29, 0.717) is 17.2 Å². The summed E-state index contributed by atoms with van der Waals surface area (Å²) >= 11 is 0. The number of carbonyl (C=O) groups is 1. The molecule has 2 heterocycles. The van der Waals surface area contributed by atoms with Gasteiger partial charge in [0.2, 0.25) is 0 Å². The van der Waals surface area contributed by atoms with Gasteiger partial charge in [-0.2, -0.15) is 0 Å². The fourth-order valence-electron chi connectivity index (χ4n) is 3.21. The van der Waals surface area contributed by atoms with Crippen LogP contribution in [0.2, 0.25) is 0 Å². The minimum atomic E-state index is -0.809. The molecule has 0 spiro atoms. The number of nitrogens with one attached hydrogen (secondary N) is 1. The topological polar surface area (TPSA) is 103 Å². The average Bonchev–Trinajstić information content (AvgIpc) is 3.03. The maximum Gasteiger partial charge on any atom is 0.271 e. The molecular weight excluding hydrogens is 377 g/mol. The molecule has 3 rings (SSSR count). The Bertz CT molecular complexity index is 1200. The van der Waals surface area contributed by atoms with Crippen LogP contribution in [0, 0.1) is 12.7 Å². The molecule has 0 aliphatic carbocycles. The van der Waals surface area contributed by atoms with Crippen LogP contribution in [0.15, 0.2) is 40.2 Å². The molecule has 0 saturated carbocycles. The molecule has 3 aromatic rings. The third-order valence-corrected chi connectivity index (χ3v) is 4.60. The van der Waals surface area contributed by atoms with Crippen molar-refractivity contribution in [2.75, 3.05) is 13.2 Å². The summed E-state index contributed by atoms with van der Waals surface area (Å²) in [5, 5.41) is 22.4. The number of hydrogen-bond donors (Lipinski definition) is 3. The molecule has 0 aliphatic heterocycles. The van der Waals surface area contributed by atoms with Gasteiger partial charge in [-0.15, -0.1) is 0 Å². The second-order valence-corrected chi connectivity index (χ2v) is 6.49. The van der Waals surface area contributed by atoms with Crippen molar-refractivity contribution in [2.24, 2.45) is 4.99 Å². The molecular formula is C21H20FN3O4.